The van der Waals surface area contributed by atoms with Crippen molar-refractivity contribution in [2.24, 2.45) is 0 Å². The van der Waals surface area contributed by atoms with Gasteiger partial charge in [-0.05, 0) is 70.0 Å². The van der Waals surface area contributed by atoms with Crippen LogP contribution < -0.4 is 4.74 Å². The number of methoxy groups -OCH3 is 1. The quantitative estimate of drug-likeness (QED) is 0.228. The first-order valence-corrected chi connectivity index (χ1v) is 13.1. The number of aromatic nitrogens is 1. The summed E-state index contributed by atoms with van der Waals surface area (Å²) in [5, 5.41) is 1.93. The maximum Gasteiger partial charge on any atom is 0.341 e. The Morgan fingerprint density at radius 2 is 1.69 bits per heavy atom. The molecule has 0 aliphatic heterocycles. The van der Waals surface area contributed by atoms with Crippen LogP contribution in [0.4, 0.5) is 4.39 Å². The lowest BCUT2D eigenvalue weighted by Gasteiger charge is -2.27. The molecule has 0 aliphatic rings. The average molecular weight is 532 g/mol. The number of thiazole rings is 1. The van der Waals surface area contributed by atoms with E-state index in [4.69, 9.17) is 14.2 Å². The predicted molar refractivity (Wildman–Crippen MR) is 140 cm³/mol. The molecule has 0 spiro atoms. The highest BCUT2D eigenvalue weighted by Gasteiger charge is 2.34. The van der Waals surface area contributed by atoms with Crippen molar-refractivity contribution in [3.63, 3.8) is 0 Å². The lowest BCUT2D eigenvalue weighted by molar-refractivity contribution is -0.156. The number of carbonyl (C=O) groups is 2. The van der Waals surface area contributed by atoms with Gasteiger partial charge >= 0.3 is 11.9 Å². The van der Waals surface area contributed by atoms with E-state index in [0.29, 0.717) is 18.8 Å². The molecule has 0 fully saturated rings. The molecule has 0 atom stereocenters. The summed E-state index contributed by atoms with van der Waals surface area (Å²) in [6, 6.07) is 11.2. The van der Waals surface area contributed by atoms with Crippen molar-refractivity contribution in [2.75, 3.05) is 13.7 Å². The molecule has 1 heterocycles. The van der Waals surface area contributed by atoms with Gasteiger partial charge in [0.2, 0.25) is 0 Å². The number of esters is 2. The summed E-state index contributed by atoms with van der Waals surface area (Å²) in [6.45, 7) is 9.46. The van der Waals surface area contributed by atoms with Crippen LogP contribution >= 0.6 is 23.1 Å². The van der Waals surface area contributed by atoms with Crippen LogP contribution in [-0.4, -0.2) is 41.0 Å². The smallest absolute Gasteiger partial charge is 0.341 e. The molecule has 0 unspecified atom stereocenters. The molecule has 9 heteroatoms. The summed E-state index contributed by atoms with van der Waals surface area (Å²) in [5.74, 6) is -0.752. The van der Waals surface area contributed by atoms with Crippen molar-refractivity contribution in [3.05, 3.63) is 64.9 Å². The van der Waals surface area contributed by atoms with Gasteiger partial charge in [-0.15, -0.1) is 11.3 Å². The minimum absolute atomic E-state index is 0.285. The third kappa shape index (κ3) is 7.54. The number of nitrogens with zero attached hydrogens (tertiary/aromatic N) is 1. The summed E-state index contributed by atoms with van der Waals surface area (Å²) < 4.78 is 29.6. The maximum atomic E-state index is 13.3. The number of carbonyl (C=O) groups excluding carboxylic acids is 2. The average Bonchev–Trinajstić information content (AvgIpc) is 3.24. The summed E-state index contributed by atoms with van der Waals surface area (Å²) in [7, 11) is 1.31. The van der Waals surface area contributed by atoms with E-state index < -0.39 is 16.3 Å². The summed E-state index contributed by atoms with van der Waals surface area (Å²) >= 11 is 2.82. The number of benzene rings is 2. The lowest BCUT2D eigenvalue weighted by Crippen LogP contribution is -2.36. The zero-order chi connectivity index (χ0) is 26.5. The zero-order valence-corrected chi connectivity index (χ0v) is 22.8. The molecule has 3 aromatic rings. The van der Waals surface area contributed by atoms with E-state index in [1.807, 2.05) is 46.1 Å². The van der Waals surface area contributed by atoms with Crippen LogP contribution in [0, 0.1) is 5.82 Å². The second kappa shape index (κ2) is 11.4. The van der Waals surface area contributed by atoms with E-state index in [-0.39, 0.29) is 17.3 Å². The zero-order valence-electron chi connectivity index (χ0n) is 21.2. The first-order valence-electron chi connectivity index (χ1n) is 11.4. The van der Waals surface area contributed by atoms with Crippen LogP contribution in [0.3, 0.4) is 0 Å². The highest BCUT2D eigenvalue weighted by Crippen LogP contribution is 2.36. The molecule has 0 amide bonds. The molecule has 6 nitrogen and oxygen atoms in total. The van der Waals surface area contributed by atoms with Gasteiger partial charge in [-0.2, -0.15) is 0 Å². The minimum atomic E-state index is -0.777. The third-order valence-corrected chi connectivity index (χ3v) is 7.11. The van der Waals surface area contributed by atoms with Crippen LogP contribution in [-0.2, 0) is 20.7 Å². The van der Waals surface area contributed by atoms with E-state index >= 15 is 0 Å². The monoisotopic (exact) mass is 531 g/mol. The highest BCUT2D eigenvalue weighted by molar-refractivity contribution is 8.03. The topological polar surface area (TPSA) is 74.7 Å². The SMILES string of the molecule is COC(=O)c1cc(-c2ccc(F)cc2)ccc1OCCc1csc(SC(C)(C)C(=O)OC(C)(C)C)n1. The number of hydrogen-bond donors (Lipinski definition) is 0. The van der Waals surface area contributed by atoms with E-state index in [1.165, 1.54) is 42.3 Å². The Bertz CT molecular complexity index is 1220. The van der Waals surface area contributed by atoms with Gasteiger partial charge in [-0.1, -0.05) is 30.0 Å². The number of hydrogen-bond acceptors (Lipinski definition) is 8. The Labute approximate surface area is 219 Å². The molecule has 2 aromatic carbocycles. The number of ether oxygens (including phenoxy) is 3. The summed E-state index contributed by atoms with van der Waals surface area (Å²) in [4.78, 5) is 29.5. The third-order valence-electron chi connectivity index (χ3n) is 4.94. The Kier molecular flexibility index (Phi) is 8.79. The maximum absolute atomic E-state index is 13.3. The normalized spacial score (nSPS) is 11.8. The second-order valence-electron chi connectivity index (χ2n) is 9.53. The van der Waals surface area contributed by atoms with Gasteiger partial charge in [0.05, 0.1) is 19.4 Å². The first kappa shape index (κ1) is 27.7. The molecule has 0 N–H and O–H groups in total. The van der Waals surface area contributed by atoms with E-state index in [9.17, 15) is 14.0 Å². The molecule has 0 bridgehead atoms. The first-order chi connectivity index (χ1) is 16.9. The highest BCUT2D eigenvalue weighted by atomic mass is 32.2. The predicted octanol–water partition coefficient (Wildman–Crippen LogP) is 6.57. The van der Waals surface area contributed by atoms with Gasteiger partial charge in [-0.25, -0.2) is 14.2 Å². The van der Waals surface area contributed by atoms with E-state index in [2.05, 4.69) is 4.98 Å². The van der Waals surface area contributed by atoms with Crippen LogP contribution in [0.15, 0.2) is 52.2 Å². The fourth-order valence-electron chi connectivity index (χ4n) is 3.12. The lowest BCUT2D eigenvalue weighted by atomic mass is 10.0. The van der Waals surface area contributed by atoms with Gasteiger partial charge < -0.3 is 14.2 Å². The molecule has 0 radical (unpaired) electrons. The minimum Gasteiger partial charge on any atom is -0.492 e. The fourth-order valence-corrected chi connectivity index (χ4v) is 5.39. The molecule has 36 heavy (non-hydrogen) atoms. The van der Waals surface area contributed by atoms with Gasteiger partial charge in [0.1, 0.15) is 27.5 Å². The summed E-state index contributed by atoms with van der Waals surface area (Å²) in [5.41, 5.74) is 2.07. The Morgan fingerprint density at radius 3 is 2.33 bits per heavy atom. The van der Waals surface area contributed by atoms with Crippen molar-refractivity contribution in [3.8, 4) is 16.9 Å². The number of halogens is 1. The summed E-state index contributed by atoms with van der Waals surface area (Å²) in [6.07, 6.45) is 0.518. The van der Waals surface area contributed by atoms with Crippen LogP contribution in [0.1, 0.15) is 50.7 Å². The van der Waals surface area contributed by atoms with Crippen LogP contribution in [0.5, 0.6) is 5.75 Å². The largest absolute Gasteiger partial charge is 0.492 e. The van der Waals surface area contributed by atoms with Crippen molar-refractivity contribution in [1.29, 1.82) is 0 Å². The second-order valence-corrected chi connectivity index (χ2v) is 12.3. The molecule has 0 aliphatic carbocycles. The van der Waals surface area contributed by atoms with Gasteiger partial charge in [0, 0.05) is 11.8 Å². The molecule has 0 saturated heterocycles. The van der Waals surface area contributed by atoms with Gasteiger partial charge in [-0.3, -0.25) is 4.79 Å². The Balaban J connectivity index is 1.64. The van der Waals surface area contributed by atoms with E-state index in [0.717, 1.165) is 21.2 Å². The van der Waals surface area contributed by atoms with Crippen molar-refractivity contribution >= 4 is 35.0 Å². The van der Waals surface area contributed by atoms with Crippen LogP contribution in [0.2, 0.25) is 0 Å². The van der Waals surface area contributed by atoms with Crippen molar-refractivity contribution in [2.45, 2.75) is 55.7 Å². The molecule has 3 rings (SSSR count). The van der Waals surface area contributed by atoms with Crippen molar-refractivity contribution < 1.29 is 28.2 Å². The van der Waals surface area contributed by atoms with E-state index in [1.54, 1.807) is 24.3 Å². The van der Waals surface area contributed by atoms with Crippen molar-refractivity contribution in [1.82, 2.24) is 4.98 Å². The number of rotatable bonds is 9. The molecule has 0 saturated carbocycles. The molecular formula is C27H30FNO5S2. The fraction of sp³-hybridized carbons (Fsp3) is 0.370. The molecular weight excluding hydrogens is 501 g/mol. The molecule has 192 valence electrons. The molecule has 1 aromatic heterocycles. The Hall–Kier alpha value is -2.91. The van der Waals surface area contributed by atoms with Gasteiger partial charge in [0.15, 0.2) is 4.34 Å². The van der Waals surface area contributed by atoms with Gasteiger partial charge in [0.25, 0.3) is 0 Å². The Morgan fingerprint density at radius 1 is 1.03 bits per heavy atom. The van der Waals surface area contributed by atoms with Crippen LogP contribution in [0.25, 0.3) is 11.1 Å². The number of thioether (sulfide) groups is 1. The standard InChI is InChI=1S/C27H30FNO5S2/c1-26(2,3)34-24(31)27(4,5)36-25-29-20(16-35-25)13-14-33-22-12-9-18(15-21(22)23(30)32-6)17-7-10-19(28)11-8-17/h7-12,15-16H,13-14H2,1-6H3.